The third-order valence-electron chi connectivity index (χ3n) is 3.56. The van der Waals surface area contributed by atoms with Gasteiger partial charge in [-0.2, -0.15) is 0 Å². The molecule has 1 aliphatic rings. The minimum atomic E-state index is 0.158. The highest BCUT2D eigenvalue weighted by Gasteiger charge is 2.29. The molecular formula is C14H18BrNO. The Balaban J connectivity index is 2.20. The molecule has 2 atom stereocenters. The third-order valence-corrected chi connectivity index (χ3v) is 4.02. The molecule has 2 rings (SSSR count). The van der Waals surface area contributed by atoms with E-state index >= 15 is 0 Å². The highest BCUT2D eigenvalue weighted by Crippen LogP contribution is 2.25. The molecule has 0 N–H and O–H groups in total. The highest BCUT2D eigenvalue weighted by atomic mass is 79.9. The van der Waals surface area contributed by atoms with Gasteiger partial charge in [-0.05, 0) is 42.5 Å². The summed E-state index contributed by atoms with van der Waals surface area (Å²) in [4.78, 5) is 14.3. The van der Waals surface area contributed by atoms with E-state index in [1.807, 2.05) is 30.0 Å². The van der Waals surface area contributed by atoms with Crippen molar-refractivity contribution in [3.8, 4) is 0 Å². The second kappa shape index (κ2) is 4.81. The summed E-state index contributed by atoms with van der Waals surface area (Å²) < 4.78 is 0.973. The van der Waals surface area contributed by atoms with Gasteiger partial charge in [-0.1, -0.05) is 29.8 Å². The van der Waals surface area contributed by atoms with Gasteiger partial charge in [-0.25, -0.2) is 0 Å². The lowest BCUT2D eigenvalue weighted by atomic mass is 10.0. The van der Waals surface area contributed by atoms with Gasteiger partial charge in [0.15, 0.2) is 0 Å². The van der Waals surface area contributed by atoms with Gasteiger partial charge in [0.1, 0.15) is 0 Å². The first-order chi connectivity index (χ1) is 7.97. The van der Waals surface area contributed by atoms with Crippen molar-refractivity contribution in [3.63, 3.8) is 0 Å². The molecule has 1 amide bonds. The van der Waals surface area contributed by atoms with Crippen molar-refractivity contribution in [2.75, 3.05) is 13.1 Å². The molecule has 0 radical (unpaired) electrons. The fourth-order valence-electron chi connectivity index (χ4n) is 2.34. The predicted octanol–water partition coefficient (Wildman–Crippen LogP) is 3.49. The number of benzene rings is 1. The van der Waals surface area contributed by atoms with Gasteiger partial charge in [0, 0.05) is 23.1 Å². The Morgan fingerprint density at radius 1 is 1.24 bits per heavy atom. The van der Waals surface area contributed by atoms with Crippen LogP contribution in [0.15, 0.2) is 22.7 Å². The Morgan fingerprint density at radius 3 is 2.35 bits per heavy atom. The van der Waals surface area contributed by atoms with Crippen LogP contribution in [0.5, 0.6) is 0 Å². The van der Waals surface area contributed by atoms with Crippen molar-refractivity contribution < 1.29 is 4.79 Å². The van der Waals surface area contributed by atoms with Crippen molar-refractivity contribution in [3.05, 3.63) is 33.8 Å². The summed E-state index contributed by atoms with van der Waals surface area (Å²) in [5.74, 6) is 1.37. The average Bonchev–Trinajstić information content (AvgIpc) is 2.57. The summed E-state index contributed by atoms with van der Waals surface area (Å²) in [6.45, 7) is 8.20. The number of likely N-dealkylation sites (tertiary alicyclic amines) is 1. The van der Waals surface area contributed by atoms with Crippen LogP contribution in [0.1, 0.15) is 29.8 Å². The lowest BCUT2D eigenvalue weighted by Crippen LogP contribution is -2.28. The van der Waals surface area contributed by atoms with Crippen LogP contribution in [0, 0.1) is 18.8 Å². The first-order valence-electron chi connectivity index (χ1n) is 6.04. The second-order valence-electron chi connectivity index (χ2n) is 5.18. The van der Waals surface area contributed by atoms with Crippen molar-refractivity contribution in [1.29, 1.82) is 0 Å². The summed E-state index contributed by atoms with van der Waals surface area (Å²) in [5.41, 5.74) is 1.90. The van der Waals surface area contributed by atoms with Gasteiger partial charge in [0.05, 0.1) is 0 Å². The molecule has 2 nitrogen and oxygen atoms in total. The molecule has 1 aromatic rings. The quantitative estimate of drug-likeness (QED) is 0.777. The first-order valence-corrected chi connectivity index (χ1v) is 6.83. The number of carbonyl (C=O) groups excluding carboxylic acids is 1. The number of aryl methyl sites for hydroxylation is 1. The van der Waals surface area contributed by atoms with E-state index in [2.05, 4.69) is 29.8 Å². The number of carbonyl (C=O) groups is 1. The Labute approximate surface area is 111 Å². The molecule has 0 saturated carbocycles. The Morgan fingerprint density at radius 2 is 1.82 bits per heavy atom. The van der Waals surface area contributed by atoms with Crippen molar-refractivity contribution >= 4 is 21.8 Å². The van der Waals surface area contributed by atoms with E-state index in [0.29, 0.717) is 11.8 Å². The Bertz CT molecular complexity index is 414. The lowest BCUT2D eigenvalue weighted by molar-refractivity contribution is 0.0785. The summed E-state index contributed by atoms with van der Waals surface area (Å²) in [6.07, 6.45) is 0. The van der Waals surface area contributed by atoms with Crippen LogP contribution in [0.25, 0.3) is 0 Å². The van der Waals surface area contributed by atoms with Crippen LogP contribution in [0.4, 0.5) is 0 Å². The maximum absolute atomic E-state index is 12.3. The molecule has 0 spiro atoms. The van der Waals surface area contributed by atoms with Crippen molar-refractivity contribution in [2.24, 2.45) is 11.8 Å². The fraction of sp³-hybridized carbons (Fsp3) is 0.500. The van der Waals surface area contributed by atoms with E-state index in [9.17, 15) is 4.79 Å². The normalized spacial score (nSPS) is 24.1. The second-order valence-corrected chi connectivity index (χ2v) is 6.10. The SMILES string of the molecule is Cc1cc(Br)cc(C(=O)N2CC(C)C(C)C2)c1. The summed E-state index contributed by atoms with van der Waals surface area (Å²) in [6, 6.07) is 5.88. The molecule has 0 bridgehead atoms. The van der Waals surface area contributed by atoms with Crippen LogP contribution in [0.2, 0.25) is 0 Å². The summed E-state index contributed by atoms with van der Waals surface area (Å²) in [7, 11) is 0. The van der Waals surface area contributed by atoms with Gasteiger partial charge < -0.3 is 4.90 Å². The van der Waals surface area contributed by atoms with E-state index in [0.717, 1.165) is 28.7 Å². The number of hydrogen-bond donors (Lipinski definition) is 0. The molecule has 1 fully saturated rings. The van der Waals surface area contributed by atoms with Crippen LogP contribution >= 0.6 is 15.9 Å². The van der Waals surface area contributed by atoms with Gasteiger partial charge in [-0.15, -0.1) is 0 Å². The molecule has 2 unspecified atom stereocenters. The van der Waals surface area contributed by atoms with E-state index in [1.165, 1.54) is 0 Å². The Hall–Kier alpha value is -0.830. The smallest absolute Gasteiger partial charge is 0.253 e. The maximum atomic E-state index is 12.3. The first kappa shape index (κ1) is 12.6. The molecule has 3 heteroatoms. The average molecular weight is 296 g/mol. The predicted molar refractivity (Wildman–Crippen MR) is 73.1 cm³/mol. The lowest BCUT2D eigenvalue weighted by Gasteiger charge is -2.16. The molecule has 1 heterocycles. The minimum absolute atomic E-state index is 0.158. The van der Waals surface area contributed by atoms with Crippen molar-refractivity contribution in [2.45, 2.75) is 20.8 Å². The van der Waals surface area contributed by atoms with Crippen molar-refractivity contribution in [1.82, 2.24) is 4.90 Å². The molecule has 17 heavy (non-hydrogen) atoms. The molecular weight excluding hydrogens is 278 g/mol. The zero-order valence-corrected chi connectivity index (χ0v) is 12.1. The van der Waals surface area contributed by atoms with Gasteiger partial charge in [0.2, 0.25) is 0 Å². The van der Waals surface area contributed by atoms with Crippen LogP contribution < -0.4 is 0 Å². The molecule has 1 aliphatic heterocycles. The topological polar surface area (TPSA) is 20.3 Å². The largest absolute Gasteiger partial charge is 0.338 e. The van der Waals surface area contributed by atoms with Crippen LogP contribution in [0.3, 0.4) is 0 Å². The molecule has 1 aromatic carbocycles. The van der Waals surface area contributed by atoms with E-state index < -0.39 is 0 Å². The van der Waals surface area contributed by atoms with E-state index in [-0.39, 0.29) is 5.91 Å². The van der Waals surface area contributed by atoms with Gasteiger partial charge >= 0.3 is 0 Å². The molecule has 0 aliphatic carbocycles. The Kier molecular flexibility index (Phi) is 3.57. The van der Waals surface area contributed by atoms with E-state index in [1.54, 1.807) is 0 Å². The highest BCUT2D eigenvalue weighted by molar-refractivity contribution is 9.10. The molecule has 0 aromatic heterocycles. The summed E-state index contributed by atoms with van der Waals surface area (Å²) >= 11 is 3.44. The standard InChI is InChI=1S/C14H18BrNO/c1-9-4-12(6-13(15)5-9)14(17)16-7-10(2)11(3)8-16/h4-6,10-11H,7-8H2,1-3H3. The van der Waals surface area contributed by atoms with Gasteiger partial charge in [0.25, 0.3) is 5.91 Å². The molecule has 92 valence electrons. The zero-order valence-electron chi connectivity index (χ0n) is 10.5. The van der Waals surface area contributed by atoms with E-state index in [4.69, 9.17) is 0 Å². The number of amides is 1. The number of nitrogens with zero attached hydrogens (tertiary/aromatic N) is 1. The minimum Gasteiger partial charge on any atom is -0.338 e. The molecule has 1 saturated heterocycles. The van der Waals surface area contributed by atoms with Crippen LogP contribution in [-0.2, 0) is 0 Å². The summed E-state index contributed by atoms with van der Waals surface area (Å²) in [5, 5.41) is 0. The zero-order chi connectivity index (χ0) is 12.6. The van der Waals surface area contributed by atoms with Crippen LogP contribution in [-0.4, -0.2) is 23.9 Å². The number of hydrogen-bond acceptors (Lipinski definition) is 1. The van der Waals surface area contributed by atoms with Gasteiger partial charge in [-0.3, -0.25) is 4.79 Å². The fourth-order valence-corrected chi connectivity index (χ4v) is 2.95. The number of halogens is 1. The maximum Gasteiger partial charge on any atom is 0.253 e. The monoisotopic (exact) mass is 295 g/mol. The third kappa shape index (κ3) is 2.71. The number of rotatable bonds is 1.